The quantitative estimate of drug-likeness (QED) is 0.225. The van der Waals surface area contributed by atoms with Crippen molar-refractivity contribution in [2.45, 2.75) is 6.04 Å². The maximum atomic E-state index is 12.7. The van der Waals surface area contributed by atoms with Crippen LogP contribution in [0.1, 0.15) is 16.1 Å². The van der Waals surface area contributed by atoms with Gasteiger partial charge in [-0.1, -0.05) is 42.5 Å². The van der Waals surface area contributed by atoms with Crippen molar-refractivity contribution < 1.29 is 19.1 Å². The van der Waals surface area contributed by atoms with Gasteiger partial charge in [0, 0.05) is 19.9 Å². The number of rotatable bonds is 10. The van der Waals surface area contributed by atoms with Crippen molar-refractivity contribution >= 4 is 24.1 Å². The Labute approximate surface area is 157 Å². The summed E-state index contributed by atoms with van der Waals surface area (Å²) in [6.45, 7) is 0.542. The van der Waals surface area contributed by atoms with Crippen molar-refractivity contribution in [2.75, 3.05) is 20.3 Å². The number of methoxy groups -OCH3 is 1. The number of carbonyl (C=O) groups is 3. The predicted molar refractivity (Wildman–Crippen MR) is 101 cm³/mol. The van der Waals surface area contributed by atoms with E-state index in [1.807, 2.05) is 30.3 Å². The second-order valence-corrected chi connectivity index (χ2v) is 5.52. The molecule has 0 saturated heterocycles. The molecule has 0 aliphatic heterocycles. The van der Waals surface area contributed by atoms with E-state index >= 15 is 0 Å². The molecular weight excluding hydrogens is 346 g/mol. The Morgan fingerprint density at radius 1 is 1.19 bits per heavy atom. The van der Waals surface area contributed by atoms with E-state index in [2.05, 4.69) is 10.4 Å². The molecule has 2 rings (SSSR count). The van der Waals surface area contributed by atoms with Crippen LogP contribution in [0.25, 0.3) is 6.08 Å². The summed E-state index contributed by atoms with van der Waals surface area (Å²) in [4.78, 5) is 40.9. The molecule has 27 heavy (non-hydrogen) atoms. The number of ether oxygens (including phenoxy) is 1. The van der Waals surface area contributed by atoms with Crippen molar-refractivity contribution in [1.29, 1.82) is 0 Å². The molecule has 1 aromatic heterocycles. The first kappa shape index (κ1) is 20.2. The van der Waals surface area contributed by atoms with Crippen molar-refractivity contribution in [3.05, 3.63) is 72.1 Å². The molecule has 1 heterocycles. The molecule has 2 aromatic rings. The number of nitrogens with one attached hydrogen (secondary N) is 1. The van der Waals surface area contributed by atoms with Gasteiger partial charge in [-0.15, -0.1) is 0 Å². The first-order valence-electron chi connectivity index (χ1n) is 8.36. The topological polar surface area (TPSA) is 88.6 Å². The predicted octanol–water partition coefficient (Wildman–Crippen LogP) is 1.52. The molecule has 0 radical (unpaired) electrons. The molecule has 0 fully saturated rings. The summed E-state index contributed by atoms with van der Waals surface area (Å²) in [5.41, 5.74) is 3.71. The molecule has 7 nitrogen and oxygen atoms in total. The lowest BCUT2D eigenvalue weighted by atomic mass is 10.1. The molecule has 1 aromatic carbocycles. The molecule has 140 valence electrons. The monoisotopic (exact) mass is 367 g/mol. The van der Waals surface area contributed by atoms with Gasteiger partial charge in [0.05, 0.1) is 6.61 Å². The average Bonchev–Trinajstić information content (AvgIpc) is 2.72. The molecule has 0 aliphatic rings. The number of aromatic nitrogens is 1. The van der Waals surface area contributed by atoms with Crippen LogP contribution >= 0.6 is 0 Å². The lowest BCUT2D eigenvalue weighted by Gasteiger charge is -2.26. The SMILES string of the molecule is COCCNN(C(=O)c1ccccn1)C(C=O)C(=O)C=Cc1ccccc1. The average molecular weight is 367 g/mol. The van der Waals surface area contributed by atoms with Gasteiger partial charge in [0.25, 0.3) is 5.91 Å². The minimum atomic E-state index is -1.32. The van der Waals surface area contributed by atoms with Crippen molar-refractivity contribution in [2.24, 2.45) is 0 Å². The van der Waals surface area contributed by atoms with E-state index in [0.717, 1.165) is 10.6 Å². The van der Waals surface area contributed by atoms with E-state index < -0.39 is 17.7 Å². The summed E-state index contributed by atoms with van der Waals surface area (Å²) in [5.74, 6) is -1.10. The van der Waals surface area contributed by atoms with Gasteiger partial charge >= 0.3 is 0 Å². The molecule has 0 saturated carbocycles. The van der Waals surface area contributed by atoms with Crippen LogP contribution in [0.4, 0.5) is 0 Å². The number of ketones is 1. The molecule has 1 N–H and O–H groups in total. The van der Waals surface area contributed by atoms with Gasteiger partial charge in [-0.05, 0) is 23.8 Å². The Hall–Kier alpha value is -3.16. The molecule has 7 heteroatoms. The fourth-order valence-corrected chi connectivity index (χ4v) is 2.27. The summed E-state index contributed by atoms with van der Waals surface area (Å²) in [6, 6.07) is 12.7. The number of hydrogen-bond donors (Lipinski definition) is 1. The maximum Gasteiger partial charge on any atom is 0.287 e. The Bertz CT molecular complexity index is 778. The fraction of sp³-hybridized carbons (Fsp3) is 0.200. The zero-order valence-corrected chi connectivity index (χ0v) is 14.9. The molecule has 1 amide bonds. The minimum Gasteiger partial charge on any atom is -0.383 e. The van der Waals surface area contributed by atoms with E-state index in [9.17, 15) is 14.4 Å². The Kier molecular flexibility index (Phi) is 8.02. The van der Waals surface area contributed by atoms with Crippen LogP contribution in [0, 0.1) is 0 Å². The summed E-state index contributed by atoms with van der Waals surface area (Å²) in [6.07, 6.45) is 4.77. The highest BCUT2D eigenvalue weighted by Crippen LogP contribution is 2.07. The highest BCUT2D eigenvalue weighted by atomic mass is 16.5. The Morgan fingerprint density at radius 3 is 2.56 bits per heavy atom. The van der Waals surface area contributed by atoms with Crippen molar-refractivity contribution in [3.8, 4) is 0 Å². The second-order valence-electron chi connectivity index (χ2n) is 5.52. The van der Waals surface area contributed by atoms with Gasteiger partial charge in [-0.25, -0.2) is 5.43 Å². The zero-order valence-electron chi connectivity index (χ0n) is 14.9. The standard InChI is InChI=1S/C20H21N3O4/c1-27-14-13-22-23(20(26)17-9-5-6-12-21-17)18(15-24)19(25)11-10-16-7-3-2-4-8-16/h2-12,15,18,22H,13-14H2,1H3. The first-order chi connectivity index (χ1) is 13.2. The van der Waals surface area contributed by atoms with Gasteiger partial charge in [0.2, 0.25) is 0 Å². The summed E-state index contributed by atoms with van der Waals surface area (Å²) >= 11 is 0. The molecule has 0 spiro atoms. The van der Waals surface area contributed by atoms with E-state index in [1.165, 1.54) is 25.4 Å². The lowest BCUT2D eigenvalue weighted by Crippen LogP contribution is -2.54. The first-order valence-corrected chi connectivity index (χ1v) is 8.36. The number of carbonyl (C=O) groups excluding carboxylic acids is 3. The van der Waals surface area contributed by atoms with Crippen LogP contribution in [-0.4, -0.2) is 54.3 Å². The van der Waals surface area contributed by atoms with Crippen LogP contribution < -0.4 is 5.43 Å². The molecule has 0 bridgehead atoms. The van der Waals surface area contributed by atoms with Crippen LogP contribution in [0.15, 0.2) is 60.8 Å². The fourth-order valence-electron chi connectivity index (χ4n) is 2.27. The van der Waals surface area contributed by atoms with Crippen LogP contribution in [0.3, 0.4) is 0 Å². The number of pyridine rings is 1. The van der Waals surface area contributed by atoms with Gasteiger partial charge < -0.3 is 9.53 Å². The smallest absolute Gasteiger partial charge is 0.287 e. The lowest BCUT2D eigenvalue weighted by molar-refractivity contribution is -0.126. The third kappa shape index (κ3) is 5.95. The largest absolute Gasteiger partial charge is 0.383 e. The zero-order chi connectivity index (χ0) is 19.5. The number of benzene rings is 1. The van der Waals surface area contributed by atoms with Gasteiger partial charge in [0.15, 0.2) is 18.1 Å². The highest BCUT2D eigenvalue weighted by molar-refractivity contribution is 6.09. The Morgan fingerprint density at radius 2 is 1.93 bits per heavy atom. The van der Waals surface area contributed by atoms with E-state index in [0.29, 0.717) is 12.9 Å². The van der Waals surface area contributed by atoms with Gasteiger partial charge in [-0.3, -0.25) is 19.6 Å². The van der Waals surface area contributed by atoms with Crippen molar-refractivity contribution in [1.82, 2.24) is 15.4 Å². The number of hydrazine groups is 1. The van der Waals surface area contributed by atoms with Crippen LogP contribution in [0.2, 0.25) is 0 Å². The molecule has 0 aliphatic carbocycles. The third-order valence-electron chi connectivity index (χ3n) is 3.63. The number of aldehydes is 1. The number of nitrogens with zero attached hydrogens (tertiary/aromatic N) is 2. The highest BCUT2D eigenvalue weighted by Gasteiger charge is 2.29. The minimum absolute atomic E-state index is 0.120. The summed E-state index contributed by atoms with van der Waals surface area (Å²) in [5, 5.41) is 0.992. The summed E-state index contributed by atoms with van der Waals surface area (Å²) in [7, 11) is 1.51. The van der Waals surface area contributed by atoms with E-state index in [4.69, 9.17) is 4.74 Å². The Balaban J connectivity index is 2.21. The molecule has 1 unspecified atom stereocenters. The van der Waals surface area contributed by atoms with Crippen LogP contribution in [-0.2, 0) is 14.3 Å². The normalized spacial score (nSPS) is 11.9. The number of amides is 1. The van der Waals surface area contributed by atoms with Crippen molar-refractivity contribution in [3.63, 3.8) is 0 Å². The number of hydrogen-bond acceptors (Lipinski definition) is 6. The maximum absolute atomic E-state index is 12.7. The van der Waals surface area contributed by atoms with E-state index in [1.54, 1.807) is 18.2 Å². The molecule has 1 atom stereocenters. The summed E-state index contributed by atoms with van der Waals surface area (Å²) < 4.78 is 4.95. The van der Waals surface area contributed by atoms with Gasteiger partial charge in [0.1, 0.15) is 5.69 Å². The van der Waals surface area contributed by atoms with Crippen LogP contribution in [0.5, 0.6) is 0 Å². The second kappa shape index (κ2) is 10.7. The van der Waals surface area contributed by atoms with E-state index in [-0.39, 0.29) is 12.2 Å². The molecular formula is C20H21N3O4. The van der Waals surface area contributed by atoms with Gasteiger partial charge in [-0.2, -0.15) is 0 Å². The third-order valence-corrected chi connectivity index (χ3v) is 3.63.